The average Bonchev–Trinajstić information content (AvgIpc) is 2.42. The number of unbranched alkanes of at least 4 members (excludes halogenated alkanes) is 1. The fourth-order valence-corrected chi connectivity index (χ4v) is 2.10. The van der Waals surface area contributed by atoms with E-state index in [2.05, 4.69) is 45.1 Å². The Morgan fingerprint density at radius 1 is 1.37 bits per heavy atom. The van der Waals surface area contributed by atoms with Gasteiger partial charge in [0.25, 0.3) is 0 Å². The van der Waals surface area contributed by atoms with E-state index < -0.39 is 0 Å². The quantitative estimate of drug-likeness (QED) is 0.735. The fourth-order valence-electron chi connectivity index (χ4n) is 1.79. The summed E-state index contributed by atoms with van der Waals surface area (Å²) in [5.74, 6) is 1.84. The van der Waals surface area contributed by atoms with Gasteiger partial charge in [-0.2, -0.15) is 4.98 Å². The Morgan fingerprint density at radius 2 is 2.16 bits per heavy atom. The van der Waals surface area contributed by atoms with Crippen LogP contribution in [0.25, 0.3) is 0 Å². The Hall–Kier alpha value is -0.840. The monoisotopic (exact) mass is 329 g/mol. The third kappa shape index (κ3) is 5.76. The highest BCUT2D eigenvalue weighted by molar-refractivity contribution is 9.10. The highest BCUT2D eigenvalue weighted by atomic mass is 79.9. The third-order valence-electron chi connectivity index (χ3n) is 3.05. The first-order valence-electron chi connectivity index (χ1n) is 7.10. The molecule has 0 fully saturated rings. The number of anilines is 1. The Labute approximate surface area is 124 Å². The molecular weight excluding hydrogens is 306 g/mol. The second-order valence-corrected chi connectivity index (χ2v) is 5.46. The van der Waals surface area contributed by atoms with Gasteiger partial charge in [0.05, 0.1) is 17.3 Å². The predicted octanol–water partition coefficient (Wildman–Crippen LogP) is 4.27. The summed E-state index contributed by atoms with van der Waals surface area (Å²) in [6, 6.07) is 0. The van der Waals surface area contributed by atoms with E-state index >= 15 is 0 Å². The average molecular weight is 330 g/mol. The molecule has 108 valence electrons. The van der Waals surface area contributed by atoms with Crippen molar-refractivity contribution in [3.63, 3.8) is 0 Å². The molecule has 19 heavy (non-hydrogen) atoms. The van der Waals surface area contributed by atoms with Gasteiger partial charge < -0.3 is 10.1 Å². The van der Waals surface area contributed by atoms with Gasteiger partial charge >= 0.3 is 0 Å². The largest absolute Gasteiger partial charge is 0.476 e. The lowest BCUT2D eigenvalue weighted by molar-refractivity contribution is 0.224. The molecule has 0 bridgehead atoms. The van der Waals surface area contributed by atoms with Gasteiger partial charge in [0.2, 0.25) is 11.8 Å². The van der Waals surface area contributed by atoms with Crippen molar-refractivity contribution >= 4 is 21.9 Å². The van der Waals surface area contributed by atoms with Crippen LogP contribution in [0.4, 0.5) is 5.95 Å². The molecule has 1 heterocycles. The fraction of sp³-hybridized carbons (Fsp3) is 0.714. The zero-order valence-electron chi connectivity index (χ0n) is 12.1. The molecule has 0 aliphatic rings. The van der Waals surface area contributed by atoms with Crippen LogP contribution in [0.2, 0.25) is 0 Å². The lowest BCUT2D eigenvalue weighted by Crippen LogP contribution is -2.13. The van der Waals surface area contributed by atoms with Gasteiger partial charge in [-0.25, -0.2) is 4.98 Å². The Bertz CT molecular complexity index is 374. The molecule has 0 amide bonds. The number of nitrogens with one attached hydrogen (secondary N) is 1. The molecule has 0 saturated heterocycles. The third-order valence-corrected chi connectivity index (χ3v) is 3.59. The highest BCUT2D eigenvalue weighted by Gasteiger charge is 2.10. The minimum Gasteiger partial charge on any atom is -0.476 e. The second kappa shape index (κ2) is 9.13. The summed E-state index contributed by atoms with van der Waals surface area (Å²) in [4.78, 5) is 8.53. The molecular formula is C14H24BrN3O. The summed E-state index contributed by atoms with van der Waals surface area (Å²) < 4.78 is 6.64. The number of hydrogen-bond acceptors (Lipinski definition) is 4. The molecule has 0 saturated carbocycles. The summed E-state index contributed by atoms with van der Waals surface area (Å²) in [6.07, 6.45) is 6.58. The van der Waals surface area contributed by atoms with E-state index in [0.717, 1.165) is 24.0 Å². The first kappa shape index (κ1) is 16.2. The number of nitrogens with zero attached hydrogens (tertiary/aromatic N) is 2. The van der Waals surface area contributed by atoms with E-state index in [0.29, 0.717) is 17.7 Å². The van der Waals surface area contributed by atoms with Crippen molar-refractivity contribution < 1.29 is 4.74 Å². The highest BCUT2D eigenvalue weighted by Crippen LogP contribution is 2.24. The molecule has 1 unspecified atom stereocenters. The molecule has 5 heteroatoms. The van der Waals surface area contributed by atoms with E-state index in [1.165, 1.54) is 19.3 Å². The smallest absolute Gasteiger partial charge is 0.232 e. The van der Waals surface area contributed by atoms with Crippen LogP contribution in [0.15, 0.2) is 10.7 Å². The first-order valence-corrected chi connectivity index (χ1v) is 7.89. The molecule has 0 aliphatic carbocycles. The SMILES string of the molecule is CCCCC(CC)COc1nc(NCC)ncc1Br. The van der Waals surface area contributed by atoms with Crippen LogP contribution in [0, 0.1) is 5.92 Å². The first-order chi connectivity index (χ1) is 9.21. The van der Waals surface area contributed by atoms with Crippen LogP contribution in [0.1, 0.15) is 46.5 Å². The van der Waals surface area contributed by atoms with Gasteiger partial charge in [0.1, 0.15) is 0 Å². The zero-order valence-corrected chi connectivity index (χ0v) is 13.7. The van der Waals surface area contributed by atoms with Crippen molar-refractivity contribution in [1.82, 2.24) is 9.97 Å². The van der Waals surface area contributed by atoms with Crippen LogP contribution in [0.3, 0.4) is 0 Å². The summed E-state index contributed by atoms with van der Waals surface area (Å²) in [5, 5.41) is 3.09. The van der Waals surface area contributed by atoms with Gasteiger partial charge in [-0.05, 0) is 35.2 Å². The predicted molar refractivity (Wildman–Crippen MR) is 82.7 cm³/mol. The summed E-state index contributed by atoms with van der Waals surface area (Å²) >= 11 is 3.43. The van der Waals surface area contributed by atoms with Crippen molar-refractivity contribution in [2.75, 3.05) is 18.5 Å². The molecule has 0 aromatic carbocycles. The summed E-state index contributed by atoms with van der Waals surface area (Å²) in [5.41, 5.74) is 0. The molecule has 4 nitrogen and oxygen atoms in total. The van der Waals surface area contributed by atoms with Crippen molar-refractivity contribution in [1.29, 1.82) is 0 Å². The molecule has 1 N–H and O–H groups in total. The van der Waals surface area contributed by atoms with Crippen molar-refractivity contribution in [2.24, 2.45) is 5.92 Å². The van der Waals surface area contributed by atoms with Crippen LogP contribution >= 0.6 is 15.9 Å². The molecule has 1 aromatic heterocycles. The van der Waals surface area contributed by atoms with E-state index in [9.17, 15) is 0 Å². The Kier molecular flexibility index (Phi) is 7.79. The molecule has 1 aromatic rings. The van der Waals surface area contributed by atoms with E-state index in [1.54, 1.807) is 6.20 Å². The molecule has 1 rings (SSSR count). The standard InChI is InChI=1S/C14H24BrN3O/c1-4-7-8-11(5-2)10-19-13-12(15)9-17-14(18-13)16-6-3/h9,11H,4-8,10H2,1-3H3,(H,16,17,18). The maximum absolute atomic E-state index is 5.84. The Balaban J connectivity index is 2.57. The van der Waals surface area contributed by atoms with Crippen LogP contribution in [-0.4, -0.2) is 23.1 Å². The summed E-state index contributed by atoms with van der Waals surface area (Å²) in [6.45, 7) is 7.97. The zero-order chi connectivity index (χ0) is 14.1. The lowest BCUT2D eigenvalue weighted by Gasteiger charge is -2.16. The van der Waals surface area contributed by atoms with Crippen molar-refractivity contribution in [2.45, 2.75) is 46.5 Å². The minimum absolute atomic E-state index is 0.601. The number of rotatable bonds is 9. The van der Waals surface area contributed by atoms with Crippen LogP contribution < -0.4 is 10.1 Å². The maximum Gasteiger partial charge on any atom is 0.232 e. The summed E-state index contributed by atoms with van der Waals surface area (Å²) in [7, 11) is 0. The van der Waals surface area contributed by atoms with Gasteiger partial charge in [0, 0.05) is 6.54 Å². The molecule has 0 aliphatic heterocycles. The van der Waals surface area contributed by atoms with Gasteiger partial charge in [-0.1, -0.05) is 33.1 Å². The maximum atomic E-state index is 5.84. The van der Waals surface area contributed by atoms with Crippen LogP contribution in [-0.2, 0) is 0 Å². The topological polar surface area (TPSA) is 47.0 Å². The lowest BCUT2D eigenvalue weighted by atomic mass is 10.0. The minimum atomic E-state index is 0.601. The van der Waals surface area contributed by atoms with Crippen molar-refractivity contribution in [3.8, 4) is 5.88 Å². The normalized spacial score (nSPS) is 12.2. The number of halogens is 1. The van der Waals surface area contributed by atoms with E-state index in [1.807, 2.05) is 6.92 Å². The molecule has 1 atom stereocenters. The van der Waals surface area contributed by atoms with Crippen LogP contribution in [0.5, 0.6) is 5.88 Å². The van der Waals surface area contributed by atoms with E-state index in [4.69, 9.17) is 4.74 Å². The second-order valence-electron chi connectivity index (χ2n) is 4.60. The number of hydrogen-bond donors (Lipinski definition) is 1. The van der Waals surface area contributed by atoms with Gasteiger partial charge in [-0.15, -0.1) is 0 Å². The number of aromatic nitrogens is 2. The van der Waals surface area contributed by atoms with Crippen molar-refractivity contribution in [3.05, 3.63) is 10.7 Å². The molecule has 0 radical (unpaired) electrons. The Morgan fingerprint density at radius 3 is 2.79 bits per heavy atom. The van der Waals surface area contributed by atoms with E-state index in [-0.39, 0.29) is 0 Å². The van der Waals surface area contributed by atoms with Gasteiger partial charge in [-0.3, -0.25) is 0 Å². The van der Waals surface area contributed by atoms with Gasteiger partial charge in [0.15, 0.2) is 0 Å². The molecule has 0 spiro atoms. The number of ether oxygens (including phenoxy) is 1.